The molecule has 0 radical (unpaired) electrons. The molecule has 134 valence electrons. The Hall–Kier alpha value is -3.35. The average molecular weight is 351 g/mol. The summed E-state index contributed by atoms with van der Waals surface area (Å²) < 4.78 is 6.55. The highest BCUT2D eigenvalue weighted by atomic mass is 16.5. The molecule has 26 heavy (non-hydrogen) atoms. The molecular weight excluding hydrogens is 330 g/mol. The van der Waals surface area contributed by atoms with E-state index in [0.717, 1.165) is 11.3 Å². The molecule has 7 nitrogen and oxygen atoms in total. The number of nitrogen functional groups attached to an aromatic ring is 1. The number of hydrogen-bond acceptors (Lipinski definition) is 5. The van der Waals surface area contributed by atoms with Crippen molar-refractivity contribution in [3.63, 3.8) is 0 Å². The minimum absolute atomic E-state index is 0.112. The number of anilines is 1. The summed E-state index contributed by atoms with van der Waals surface area (Å²) in [6, 6.07) is 17.2. The molecule has 2 aromatic carbocycles. The van der Waals surface area contributed by atoms with Gasteiger partial charge in [0.2, 0.25) is 0 Å². The second-order valence-corrected chi connectivity index (χ2v) is 5.95. The number of nitrogens with one attached hydrogen (secondary N) is 1. The second-order valence-electron chi connectivity index (χ2n) is 5.95. The largest absolute Gasteiger partial charge is 0.497 e. The Morgan fingerprint density at radius 1 is 1.19 bits per heavy atom. The van der Waals surface area contributed by atoms with Crippen molar-refractivity contribution < 1.29 is 9.53 Å². The van der Waals surface area contributed by atoms with Gasteiger partial charge in [-0.3, -0.25) is 4.79 Å². The molecule has 0 saturated carbocycles. The van der Waals surface area contributed by atoms with E-state index >= 15 is 0 Å². The Labute approximate surface area is 151 Å². The molecule has 1 aromatic heterocycles. The zero-order valence-corrected chi connectivity index (χ0v) is 14.7. The quantitative estimate of drug-likeness (QED) is 0.711. The third-order valence-corrected chi connectivity index (χ3v) is 4.17. The summed E-state index contributed by atoms with van der Waals surface area (Å²) in [5.74, 6) is 0.753. The third-order valence-electron chi connectivity index (χ3n) is 4.17. The van der Waals surface area contributed by atoms with E-state index < -0.39 is 0 Å². The first-order chi connectivity index (χ1) is 12.6. The normalized spacial score (nSPS) is 11.8. The monoisotopic (exact) mass is 351 g/mol. The highest BCUT2D eigenvalue weighted by Crippen LogP contribution is 2.19. The molecule has 3 aromatic rings. The maximum absolute atomic E-state index is 12.4. The number of hydrogen-bond donors (Lipinski definition) is 2. The van der Waals surface area contributed by atoms with Crippen molar-refractivity contribution in [3.8, 4) is 11.4 Å². The van der Waals surface area contributed by atoms with Gasteiger partial charge >= 0.3 is 0 Å². The van der Waals surface area contributed by atoms with Crippen LogP contribution in [0.2, 0.25) is 0 Å². The summed E-state index contributed by atoms with van der Waals surface area (Å²) in [7, 11) is 1.59. The van der Waals surface area contributed by atoms with Crippen LogP contribution in [-0.4, -0.2) is 34.6 Å². The van der Waals surface area contributed by atoms with E-state index in [2.05, 4.69) is 15.6 Å². The number of nitrogens with two attached hydrogens (primary N) is 1. The van der Waals surface area contributed by atoms with Crippen molar-refractivity contribution in [1.82, 2.24) is 20.3 Å². The summed E-state index contributed by atoms with van der Waals surface area (Å²) in [5.41, 5.74) is 8.04. The smallest absolute Gasteiger partial charge is 0.275 e. The first kappa shape index (κ1) is 17.5. The van der Waals surface area contributed by atoms with Crippen LogP contribution in [0.25, 0.3) is 5.69 Å². The first-order valence-electron chi connectivity index (χ1n) is 8.29. The number of benzene rings is 2. The van der Waals surface area contributed by atoms with E-state index in [9.17, 15) is 4.79 Å². The number of carbonyl (C=O) groups is 1. The van der Waals surface area contributed by atoms with Gasteiger partial charge in [0, 0.05) is 6.54 Å². The van der Waals surface area contributed by atoms with Crippen LogP contribution in [0.1, 0.15) is 28.9 Å². The van der Waals surface area contributed by atoms with Gasteiger partial charge in [0.1, 0.15) is 5.75 Å². The lowest BCUT2D eigenvalue weighted by molar-refractivity contribution is 0.0947. The molecule has 0 bridgehead atoms. The van der Waals surface area contributed by atoms with Crippen molar-refractivity contribution >= 4 is 11.7 Å². The molecule has 0 aliphatic heterocycles. The number of nitrogens with zero attached hydrogens (tertiary/aromatic N) is 3. The molecule has 0 spiro atoms. The summed E-state index contributed by atoms with van der Waals surface area (Å²) in [5, 5.41) is 10.8. The number of ether oxygens (including phenoxy) is 1. The van der Waals surface area contributed by atoms with Crippen LogP contribution in [0.3, 0.4) is 0 Å². The van der Waals surface area contributed by atoms with E-state index in [4.69, 9.17) is 10.5 Å². The van der Waals surface area contributed by atoms with Gasteiger partial charge in [0.25, 0.3) is 5.91 Å². The predicted octanol–water partition coefficient (Wildman–Crippen LogP) is 2.39. The molecule has 1 atom stereocenters. The molecule has 0 aliphatic rings. The third kappa shape index (κ3) is 3.66. The topological polar surface area (TPSA) is 95.1 Å². The molecule has 0 aliphatic carbocycles. The number of methoxy groups -OCH3 is 1. The molecule has 1 heterocycles. The standard InChI is InChI=1S/C19H21N5O2/c1-13(14-6-4-3-5-7-14)12-21-19(25)17-18(20)24(23-22-17)15-8-10-16(26-2)11-9-15/h3-11,13H,12,20H2,1-2H3,(H,21,25)/t13-/m0/s1. The van der Waals surface area contributed by atoms with Gasteiger partial charge < -0.3 is 15.8 Å². The number of carbonyl (C=O) groups excluding carboxylic acids is 1. The molecule has 1 amide bonds. The lowest BCUT2D eigenvalue weighted by Crippen LogP contribution is -2.28. The zero-order chi connectivity index (χ0) is 18.5. The minimum Gasteiger partial charge on any atom is -0.497 e. The highest BCUT2D eigenvalue weighted by molar-refractivity contribution is 5.96. The van der Waals surface area contributed by atoms with Crippen molar-refractivity contribution in [2.45, 2.75) is 12.8 Å². The van der Waals surface area contributed by atoms with E-state index in [1.54, 1.807) is 31.4 Å². The lowest BCUT2D eigenvalue weighted by atomic mass is 10.0. The maximum Gasteiger partial charge on any atom is 0.275 e. The van der Waals surface area contributed by atoms with Gasteiger partial charge in [-0.2, -0.15) is 4.68 Å². The van der Waals surface area contributed by atoms with Crippen LogP contribution < -0.4 is 15.8 Å². The molecule has 0 fully saturated rings. The Morgan fingerprint density at radius 3 is 2.54 bits per heavy atom. The SMILES string of the molecule is COc1ccc(-n2nnc(C(=O)NC[C@H](C)c3ccccc3)c2N)cc1. The summed E-state index contributed by atoms with van der Waals surface area (Å²) in [6.45, 7) is 2.53. The molecule has 7 heteroatoms. The van der Waals surface area contributed by atoms with Crippen LogP contribution in [0.15, 0.2) is 54.6 Å². The van der Waals surface area contributed by atoms with Crippen LogP contribution in [-0.2, 0) is 0 Å². The van der Waals surface area contributed by atoms with E-state index in [0.29, 0.717) is 12.2 Å². The van der Waals surface area contributed by atoms with Crippen LogP contribution in [0.4, 0.5) is 5.82 Å². The highest BCUT2D eigenvalue weighted by Gasteiger charge is 2.19. The fourth-order valence-electron chi connectivity index (χ4n) is 2.59. The lowest BCUT2D eigenvalue weighted by Gasteiger charge is -2.12. The fraction of sp³-hybridized carbons (Fsp3) is 0.211. The second kappa shape index (κ2) is 7.69. The first-order valence-corrected chi connectivity index (χ1v) is 8.29. The van der Waals surface area contributed by atoms with Gasteiger partial charge in [-0.15, -0.1) is 5.10 Å². The molecule has 0 saturated heterocycles. The van der Waals surface area contributed by atoms with Gasteiger partial charge in [-0.25, -0.2) is 0 Å². The van der Waals surface area contributed by atoms with Gasteiger partial charge in [-0.05, 0) is 35.7 Å². The van der Waals surface area contributed by atoms with Crippen molar-refractivity contribution in [1.29, 1.82) is 0 Å². The average Bonchev–Trinajstić information content (AvgIpc) is 3.08. The minimum atomic E-state index is -0.343. The Morgan fingerprint density at radius 2 is 1.88 bits per heavy atom. The van der Waals surface area contributed by atoms with Crippen LogP contribution >= 0.6 is 0 Å². The summed E-state index contributed by atoms with van der Waals surface area (Å²) in [6.07, 6.45) is 0. The maximum atomic E-state index is 12.4. The van der Waals surface area contributed by atoms with E-state index in [1.165, 1.54) is 4.68 Å². The van der Waals surface area contributed by atoms with Crippen molar-refractivity contribution in [2.24, 2.45) is 0 Å². The van der Waals surface area contributed by atoms with Crippen molar-refractivity contribution in [3.05, 3.63) is 65.9 Å². The molecule has 3 N–H and O–H groups in total. The van der Waals surface area contributed by atoms with Crippen LogP contribution in [0.5, 0.6) is 5.75 Å². The molecule has 0 unspecified atom stereocenters. The van der Waals surface area contributed by atoms with E-state index in [1.807, 2.05) is 37.3 Å². The Bertz CT molecular complexity index is 875. The number of amides is 1. The van der Waals surface area contributed by atoms with Gasteiger partial charge in [0.15, 0.2) is 11.5 Å². The van der Waals surface area contributed by atoms with Crippen LogP contribution in [0, 0.1) is 0 Å². The van der Waals surface area contributed by atoms with Gasteiger partial charge in [-0.1, -0.05) is 42.5 Å². The van der Waals surface area contributed by atoms with E-state index in [-0.39, 0.29) is 23.3 Å². The summed E-state index contributed by atoms with van der Waals surface area (Å²) >= 11 is 0. The molecular formula is C19H21N5O2. The number of aromatic nitrogens is 3. The fourth-order valence-corrected chi connectivity index (χ4v) is 2.59. The predicted molar refractivity (Wildman–Crippen MR) is 99.5 cm³/mol. The van der Waals surface area contributed by atoms with Crippen molar-refractivity contribution in [2.75, 3.05) is 19.4 Å². The Kier molecular flexibility index (Phi) is 5.17. The molecule has 3 rings (SSSR count). The van der Waals surface area contributed by atoms with Gasteiger partial charge in [0.05, 0.1) is 12.8 Å². The zero-order valence-electron chi connectivity index (χ0n) is 14.7. The number of rotatable bonds is 6. The summed E-state index contributed by atoms with van der Waals surface area (Å²) in [4.78, 5) is 12.4. The Balaban J connectivity index is 1.69.